The average Bonchev–Trinajstić information content (AvgIpc) is 3.14. The van der Waals surface area contributed by atoms with Crippen molar-refractivity contribution >= 4 is 17.6 Å². The summed E-state index contributed by atoms with van der Waals surface area (Å²) in [6.45, 7) is 4.99. The third-order valence-corrected chi connectivity index (χ3v) is 5.52. The molecule has 7 heteroatoms. The molecule has 1 aromatic heterocycles. The molecule has 2 unspecified atom stereocenters. The Labute approximate surface area is 161 Å². The maximum Gasteiger partial charge on any atom is 0.260 e. The molecule has 7 nitrogen and oxygen atoms in total. The number of aryl methyl sites for hydroxylation is 1. The Bertz CT molecular complexity index is 687. The predicted octanol–water partition coefficient (Wildman–Crippen LogP) is 2.24. The zero-order chi connectivity index (χ0) is 19.4. The number of amides is 1. The second-order valence-corrected chi connectivity index (χ2v) is 7.73. The number of hydrogen-bond acceptors (Lipinski definition) is 6. The monoisotopic (exact) mass is 373 g/mol. The Morgan fingerprint density at radius 3 is 2.74 bits per heavy atom. The summed E-state index contributed by atoms with van der Waals surface area (Å²) in [4.78, 5) is 19.2. The summed E-state index contributed by atoms with van der Waals surface area (Å²) < 4.78 is 5.79. The fourth-order valence-corrected chi connectivity index (χ4v) is 4.15. The second kappa shape index (κ2) is 8.80. The first-order valence-electron chi connectivity index (χ1n) is 9.85. The van der Waals surface area contributed by atoms with E-state index in [1.807, 2.05) is 13.0 Å². The molecule has 0 aromatic carbocycles. The van der Waals surface area contributed by atoms with Crippen molar-refractivity contribution in [1.82, 2.24) is 15.6 Å². The lowest BCUT2D eigenvalue weighted by atomic mass is 9.99. The lowest BCUT2D eigenvalue weighted by Crippen LogP contribution is -2.55. The highest BCUT2D eigenvalue weighted by Gasteiger charge is 2.33. The van der Waals surface area contributed by atoms with Gasteiger partial charge >= 0.3 is 0 Å². The van der Waals surface area contributed by atoms with Crippen LogP contribution in [0.5, 0.6) is 0 Å². The van der Waals surface area contributed by atoms with Crippen molar-refractivity contribution in [1.29, 1.82) is 5.41 Å². The SMILES string of the molecule is COC1CN(c2ncc(C)cc2C(=O)NC(C)=N)CCC1NC1CCCC1. The predicted molar refractivity (Wildman–Crippen MR) is 107 cm³/mol. The van der Waals surface area contributed by atoms with E-state index in [0.717, 1.165) is 18.5 Å². The Morgan fingerprint density at radius 1 is 1.33 bits per heavy atom. The number of carbonyl (C=O) groups excluding carboxylic acids is 1. The van der Waals surface area contributed by atoms with E-state index < -0.39 is 0 Å². The first-order chi connectivity index (χ1) is 13.0. The van der Waals surface area contributed by atoms with E-state index in [2.05, 4.69) is 20.5 Å². The summed E-state index contributed by atoms with van der Waals surface area (Å²) in [5, 5.41) is 13.9. The van der Waals surface area contributed by atoms with E-state index in [-0.39, 0.29) is 17.8 Å². The third kappa shape index (κ3) is 4.84. The molecule has 2 heterocycles. The minimum atomic E-state index is -0.283. The van der Waals surface area contributed by atoms with Crippen LogP contribution in [0.2, 0.25) is 0 Å². The first kappa shape index (κ1) is 19.8. The van der Waals surface area contributed by atoms with E-state index in [9.17, 15) is 4.79 Å². The number of carbonyl (C=O) groups is 1. The molecule has 0 radical (unpaired) electrons. The van der Waals surface area contributed by atoms with Crippen molar-refractivity contribution in [3.8, 4) is 0 Å². The number of ether oxygens (including phenoxy) is 1. The average molecular weight is 374 g/mol. The molecule has 1 aliphatic carbocycles. The maximum atomic E-state index is 12.6. The summed E-state index contributed by atoms with van der Waals surface area (Å²) in [7, 11) is 1.76. The zero-order valence-corrected chi connectivity index (χ0v) is 16.5. The summed E-state index contributed by atoms with van der Waals surface area (Å²) >= 11 is 0. The highest BCUT2D eigenvalue weighted by Crippen LogP contribution is 2.26. The number of anilines is 1. The minimum Gasteiger partial charge on any atom is -0.378 e. The molecule has 0 bridgehead atoms. The molecule has 1 saturated heterocycles. The van der Waals surface area contributed by atoms with Crippen LogP contribution in [0.1, 0.15) is 54.9 Å². The number of pyridine rings is 1. The van der Waals surface area contributed by atoms with Crippen LogP contribution in [-0.4, -0.2) is 55.1 Å². The molecule has 3 N–H and O–H groups in total. The molecule has 27 heavy (non-hydrogen) atoms. The van der Waals surface area contributed by atoms with Crippen molar-refractivity contribution in [2.24, 2.45) is 0 Å². The molecule has 1 saturated carbocycles. The number of methoxy groups -OCH3 is 1. The Morgan fingerprint density at radius 2 is 2.07 bits per heavy atom. The normalized spacial score (nSPS) is 23.4. The van der Waals surface area contributed by atoms with Gasteiger partial charge in [0.05, 0.1) is 17.5 Å². The molecule has 3 rings (SSSR count). The lowest BCUT2D eigenvalue weighted by Gasteiger charge is -2.40. The lowest BCUT2D eigenvalue weighted by molar-refractivity contribution is 0.0557. The van der Waals surface area contributed by atoms with Crippen LogP contribution in [0.15, 0.2) is 12.3 Å². The van der Waals surface area contributed by atoms with Gasteiger partial charge in [0.1, 0.15) is 5.82 Å². The highest BCUT2D eigenvalue weighted by molar-refractivity contribution is 6.07. The second-order valence-electron chi connectivity index (χ2n) is 7.73. The van der Waals surface area contributed by atoms with Crippen LogP contribution in [0.4, 0.5) is 5.82 Å². The quantitative estimate of drug-likeness (QED) is 0.544. The van der Waals surface area contributed by atoms with Gasteiger partial charge in [-0.1, -0.05) is 12.8 Å². The summed E-state index contributed by atoms with van der Waals surface area (Å²) in [5.41, 5.74) is 1.44. The van der Waals surface area contributed by atoms with Gasteiger partial charge in [0, 0.05) is 38.5 Å². The van der Waals surface area contributed by atoms with E-state index in [4.69, 9.17) is 10.1 Å². The van der Waals surface area contributed by atoms with Gasteiger partial charge in [-0.05, 0) is 44.7 Å². The highest BCUT2D eigenvalue weighted by atomic mass is 16.5. The van der Waals surface area contributed by atoms with Gasteiger partial charge in [-0.25, -0.2) is 4.98 Å². The number of piperidine rings is 1. The van der Waals surface area contributed by atoms with Crippen LogP contribution < -0.4 is 15.5 Å². The van der Waals surface area contributed by atoms with Gasteiger partial charge in [-0.15, -0.1) is 0 Å². The Kier molecular flexibility index (Phi) is 6.44. The van der Waals surface area contributed by atoms with Gasteiger partial charge in [-0.3, -0.25) is 10.2 Å². The van der Waals surface area contributed by atoms with Gasteiger partial charge in [0.15, 0.2) is 0 Å². The van der Waals surface area contributed by atoms with Crippen molar-refractivity contribution in [2.75, 3.05) is 25.1 Å². The van der Waals surface area contributed by atoms with E-state index in [0.29, 0.717) is 30.0 Å². The smallest absolute Gasteiger partial charge is 0.260 e. The number of aromatic nitrogens is 1. The van der Waals surface area contributed by atoms with Crippen LogP contribution >= 0.6 is 0 Å². The molecule has 2 aliphatic rings. The first-order valence-corrected chi connectivity index (χ1v) is 9.85. The molecule has 148 valence electrons. The summed E-state index contributed by atoms with van der Waals surface area (Å²) in [6, 6.07) is 2.78. The summed E-state index contributed by atoms with van der Waals surface area (Å²) in [6.07, 6.45) is 7.93. The van der Waals surface area contributed by atoms with Crippen molar-refractivity contribution in [3.63, 3.8) is 0 Å². The molecule has 1 aromatic rings. The molecule has 0 spiro atoms. The zero-order valence-electron chi connectivity index (χ0n) is 16.5. The Balaban J connectivity index is 1.75. The number of rotatable bonds is 5. The van der Waals surface area contributed by atoms with Gasteiger partial charge in [0.25, 0.3) is 5.91 Å². The standard InChI is InChI=1S/C20H31N5O2/c1-13-10-16(20(26)23-14(2)21)19(22-11-13)25-9-8-17(18(12-25)27-3)24-15-6-4-5-7-15/h10-11,15,17-18,24H,4-9,12H2,1-3H3,(H2,21,23,26). The third-order valence-electron chi connectivity index (χ3n) is 5.52. The van der Waals surface area contributed by atoms with Crippen LogP contribution in [0.25, 0.3) is 0 Å². The van der Waals surface area contributed by atoms with Crippen molar-refractivity contribution < 1.29 is 9.53 Å². The molecule has 2 fully saturated rings. The van der Waals surface area contributed by atoms with E-state index in [1.165, 1.54) is 25.7 Å². The number of nitrogens with one attached hydrogen (secondary N) is 3. The molecular weight excluding hydrogens is 342 g/mol. The van der Waals surface area contributed by atoms with Crippen molar-refractivity contribution in [3.05, 3.63) is 23.4 Å². The number of amidine groups is 1. The molecular formula is C20H31N5O2. The summed E-state index contributed by atoms with van der Waals surface area (Å²) in [5.74, 6) is 0.510. The van der Waals surface area contributed by atoms with Crippen LogP contribution in [0, 0.1) is 12.3 Å². The fraction of sp³-hybridized carbons (Fsp3) is 0.650. The largest absolute Gasteiger partial charge is 0.378 e. The van der Waals surface area contributed by atoms with Gasteiger partial charge in [0.2, 0.25) is 0 Å². The maximum absolute atomic E-state index is 12.6. The topological polar surface area (TPSA) is 90.3 Å². The van der Waals surface area contributed by atoms with Gasteiger partial charge in [-0.2, -0.15) is 0 Å². The van der Waals surface area contributed by atoms with Crippen LogP contribution in [0.3, 0.4) is 0 Å². The van der Waals surface area contributed by atoms with Crippen LogP contribution in [-0.2, 0) is 4.74 Å². The molecule has 1 amide bonds. The van der Waals surface area contributed by atoms with Crippen molar-refractivity contribution in [2.45, 2.75) is 64.1 Å². The van der Waals surface area contributed by atoms with E-state index >= 15 is 0 Å². The minimum absolute atomic E-state index is 0.0582. The number of hydrogen-bond donors (Lipinski definition) is 3. The van der Waals surface area contributed by atoms with E-state index in [1.54, 1.807) is 20.2 Å². The molecule has 2 atom stereocenters. The Hall–Kier alpha value is -1.99. The van der Waals surface area contributed by atoms with Gasteiger partial charge < -0.3 is 20.3 Å². The number of nitrogens with zero attached hydrogens (tertiary/aromatic N) is 2. The fourth-order valence-electron chi connectivity index (χ4n) is 4.15. The molecule has 1 aliphatic heterocycles.